The van der Waals surface area contributed by atoms with Crippen molar-refractivity contribution in [2.24, 2.45) is 0 Å². The van der Waals surface area contributed by atoms with Crippen molar-refractivity contribution in [1.82, 2.24) is 0 Å². The maximum Gasteiger partial charge on any atom is 0.326 e. The lowest BCUT2D eigenvalue weighted by Crippen LogP contribution is -1.78. The molecule has 7 heteroatoms. The van der Waals surface area contributed by atoms with Gasteiger partial charge in [0, 0.05) is 0 Å². The van der Waals surface area contributed by atoms with Crippen molar-refractivity contribution >= 4 is 16.5 Å². The van der Waals surface area contributed by atoms with Crippen LogP contribution in [0, 0.1) is 0 Å². The summed E-state index contributed by atoms with van der Waals surface area (Å²) in [6.45, 7) is 7.32. The predicted octanol–water partition coefficient (Wildman–Crippen LogP) is 2.00. The van der Waals surface area contributed by atoms with Crippen LogP contribution in [-0.4, -0.2) is 11.5 Å². The van der Waals surface area contributed by atoms with Gasteiger partial charge in [-0.1, -0.05) is 19.9 Å². The summed E-state index contributed by atoms with van der Waals surface area (Å²) in [5, 5.41) is 0. The quantitative estimate of drug-likeness (QED) is 0.562. The van der Waals surface area contributed by atoms with E-state index in [2.05, 4.69) is 15.4 Å². The molecular weight excluding hydrogens is 202 g/mol. The minimum atomic E-state index is -3.14. The molecule has 0 aromatic rings. The Morgan fingerprint density at radius 2 is 2.00 bits per heavy atom. The fraction of sp³-hybridized carbons (Fsp3) is 0.600. The molecule has 0 saturated heterocycles. The lowest BCUT2D eigenvalue weighted by atomic mass is 10.7. The second-order valence-corrected chi connectivity index (χ2v) is 3.35. The Morgan fingerprint density at radius 3 is 2.33 bits per heavy atom. The van der Waals surface area contributed by atoms with Gasteiger partial charge in [-0.2, -0.15) is 0 Å². The highest BCUT2D eigenvalue weighted by atomic mass is 31.2. The molecule has 0 aliphatic heterocycles. The van der Waals surface area contributed by atoms with Gasteiger partial charge in [0.2, 0.25) is 0 Å². The van der Waals surface area contributed by atoms with Crippen molar-refractivity contribution in [2.75, 3.05) is 6.61 Å². The number of hydrogen-bond donors (Lipinski definition) is 1. The van der Waals surface area contributed by atoms with Gasteiger partial charge < -0.3 is 9.42 Å². The van der Waals surface area contributed by atoms with Crippen LogP contribution in [-0.2, 0) is 18.0 Å². The van der Waals surface area contributed by atoms with Crippen LogP contribution in [0.1, 0.15) is 13.8 Å². The minimum absolute atomic E-state index is 0.0486. The van der Waals surface area contributed by atoms with Crippen LogP contribution in [0.15, 0.2) is 12.7 Å². The molecule has 12 heavy (non-hydrogen) atoms. The van der Waals surface area contributed by atoms with Gasteiger partial charge >= 0.3 is 16.5 Å². The van der Waals surface area contributed by atoms with E-state index < -0.39 is 16.5 Å². The molecule has 1 N–H and O–H groups in total. The fourth-order valence-electron chi connectivity index (χ4n) is 0.228. The van der Waals surface area contributed by atoms with Crippen molar-refractivity contribution in [2.45, 2.75) is 13.8 Å². The van der Waals surface area contributed by atoms with Crippen LogP contribution in [0.2, 0.25) is 0 Å². The summed E-state index contributed by atoms with van der Waals surface area (Å²) in [6, 6.07) is 0. The van der Waals surface area contributed by atoms with Gasteiger partial charge in [0.15, 0.2) is 0 Å². The van der Waals surface area contributed by atoms with E-state index in [1.165, 1.54) is 6.08 Å². The van der Waals surface area contributed by atoms with E-state index in [4.69, 9.17) is 4.89 Å². The number of hydrogen-bond acceptors (Lipinski definition) is 4. The zero-order chi connectivity index (χ0) is 9.98. The summed E-state index contributed by atoms with van der Waals surface area (Å²) in [7, 11) is -5.93. The molecule has 0 spiro atoms. The molecule has 0 saturated carbocycles. The monoisotopic (exact) mass is 216 g/mol. The van der Waals surface area contributed by atoms with E-state index in [1.54, 1.807) is 0 Å². The maximum atomic E-state index is 10.4. The van der Waals surface area contributed by atoms with Crippen LogP contribution in [0.3, 0.4) is 0 Å². The van der Waals surface area contributed by atoms with E-state index in [0.717, 1.165) is 0 Å². The van der Waals surface area contributed by atoms with Gasteiger partial charge in [0.1, 0.15) is 0 Å². The summed E-state index contributed by atoms with van der Waals surface area (Å²) in [5.41, 5.74) is 0. The highest BCUT2D eigenvalue weighted by molar-refractivity contribution is 7.47. The van der Waals surface area contributed by atoms with Gasteiger partial charge in [0.25, 0.3) is 0 Å². The van der Waals surface area contributed by atoms with Crippen molar-refractivity contribution in [1.29, 1.82) is 0 Å². The van der Waals surface area contributed by atoms with Crippen LogP contribution in [0.5, 0.6) is 0 Å². The fourth-order valence-corrected chi connectivity index (χ4v) is 1.29. The van der Waals surface area contributed by atoms with Gasteiger partial charge in [-0.3, -0.25) is 9.13 Å². The third-order valence-electron chi connectivity index (χ3n) is 0.490. The van der Waals surface area contributed by atoms with E-state index in [9.17, 15) is 9.13 Å². The second kappa shape index (κ2) is 11.1. The first-order valence-corrected chi connectivity index (χ1v) is 5.84. The van der Waals surface area contributed by atoms with Crippen LogP contribution in [0.25, 0.3) is 0 Å². The predicted molar refractivity (Wildman–Crippen MR) is 48.8 cm³/mol. The summed E-state index contributed by atoms with van der Waals surface area (Å²) in [4.78, 5) is 8.07. The minimum Gasteiger partial charge on any atom is -0.326 e. The average molecular weight is 216 g/mol. The van der Waals surface area contributed by atoms with Crippen LogP contribution < -0.4 is 0 Å². The molecule has 0 aliphatic rings. The normalized spacial score (nSPS) is 13.9. The van der Waals surface area contributed by atoms with Crippen molar-refractivity contribution in [3.63, 3.8) is 0 Å². The van der Waals surface area contributed by atoms with Crippen molar-refractivity contribution in [3.05, 3.63) is 12.7 Å². The molecule has 0 aliphatic carbocycles. The molecule has 0 aromatic heterocycles. The van der Waals surface area contributed by atoms with Crippen molar-refractivity contribution in [3.8, 4) is 0 Å². The van der Waals surface area contributed by atoms with E-state index in [-0.39, 0.29) is 6.61 Å². The van der Waals surface area contributed by atoms with E-state index in [0.29, 0.717) is 0 Å². The average Bonchev–Trinajstić information content (AvgIpc) is 2.03. The van der Waals surface area contributed by atoms with Crippen LogP contribution >= 0.6 is 16.5 Å². The summed E-state index contributed by atoms with van der Waals surface area (Å²) in [6.07, 6.45) is 1.36. The molecule has 0 aromatic carbocycles. The Kier molecular flexibility index (Phi) is 13.5. The second-order valence-electron chi connectivity index (χ2n) is 1.22. The van der Waals surface area contributed by atoms with Gasteiger partial charge in [-0.15, -0.1) is 6.58 Å². The first-order valence-electron chi connectivity index (χ1n) is 3.35. The summed E-state index contributed by atoms with van der Waals surface area (Å²) in [5.74, 6) is 0. The standard InChI is InChI=1S/C3H8O5P2.C2H6/c1-2-3-7-10(6)8-9(4)5;1-2/h2,9-10H,1,3H2,(H,4,5);1-2H3. The first-order chi connectivity index (χ1) is 5.66. The molecule has 2 atom stereocenters. The molecule has 0 heterocycles. The molecule has 5 nitrogen and oxygen atoms in total. The summed E-state index contributed by atoms with van der Waals surface area (Å²) < 4.78 is 28.5. The highest BCUT2D eigenvalue weighted by Gasteiger charge is 2.00. The Hall–Kier alpha value is 0.0800. The molecule has 0 radical (unpaired) electrons. The third-order valence-corrected chi connectivity index (χ3v) is 2.26. The maximum absolute atomic E-state index is 10.4. The van der Waals surface area contributed by atoms with E-state index in [1.807, 2.05) is 13.8 Å². The Balaban J connectivity index is 0. The lowest BCUT2D eigenvalue weighted by molar-refractivity contribution is 0.307. The highest BCUT2D eigenvalue weighted by Crippen LogP contribution is 2.35. The molecule has 74 valence electrons. The SMILES string of the molecule is C=CCO[PH](=O)O[PH](=O)O.CC. The number of rotatable bonds is 5. The van der Waals surface area contributed by atoms with Gasteiger partial charge in [0.05, 0.1) is 6.61 Å². The van der Waals surface area contributed by atoms with E-state index >= 15 is 0 Å². The first kappa shape index (κ1) is 14.6. The van der Waals surface area contributed by atoms with Gasteiger partial charge in [-0.05, 0) is 0 Å². The lowest BCUT2D eigenvalue weighted by Gasteiger charge is -1.97. The molecule has 0 bridgehead atoms. The zero-order valence-corrected chi connectivity index (χ0v) is 9.07. The molecule has 0 fully saturated rings. The Labute approximate surface area is 73.3 Å². The third kappa shape index (κ3) is 12.7. The Morgan fingerprint density at radius 1 is 1.50 bits per heavy atom. The molecular formula is C5H14O5P2. The summed E-state index contributed by atoms with van der Waals surface area (Å²) >= 11 is 0. The topological polar surface area (TPSA) is 72.8 Å². The Bertz CT molecular complexity index is 158. The van der Waals surface area contributed by atoms with Gasteiger partial charge in [-0.25, -0.2) is 4.31 Å². The van der Waals surface area contributed by atoms with Crippen molar-refractivity contribution < 1.29 is 22.9 Å². The zero-order valence-electron chi connectivity index (χ0n) is 7.07. The van der Waals surface area contributed by atoms with Crippen LogP contribution in [0.4, 0.5) is 0 Å². The molecule has 0 amide bonds. The molecule has 2 unspecified atom stereocenters. The molecule has 0 rings (SSSR count). The smallest absolute Gasteiger partial charge is 0.326 e. The largest absolute Gasteiger partial charge is 0.326 e.